The van der Waals surface area contributed by atoms with Crippen LogP contribution in [0.2, 0.25) is 0 Å². The smallest absolute Gasteiger partial charge is 0.248 e. The van der Waals surface area contributed by atoms with Gasteiger partial charge in [-0.3, -0.25) is 4.79 Å². The Morgan fingerprint density at radius 2 is 2.00 bits per heavy atom. The maximum absolute atomic E-state index is 10.9. The fourth-order valence-corrected chi connectivity index (χ4v) is 1.34. The van der Waals surface area contributed by atoms with E-state index in [1.807, 2.05) is 13.0 Å². The number of amides is 1. The van der Waals surface area contributed by atoms with E-state index >= 15 is 0 Å². The van der Waals surface area contributed by atoms with E-state index in [2.05, 4.69) is 0 Å². The molecule has 0 aliphatic heterocycles. The predicted molar refractivity (Wildman–Crippen MR) is 53.9 cm³/mol. The summed E-state index contributed by atoms with van der Waals surface area (Å²) in [5.41, 5.74) is 7.75. The first-order valence-corrected chi connectivity index (χ1v) is 4.69. The van der Waals surface area contributed by atoms with Crippen molar-refractivity contribution in [1.29, 1.82) is 0 Å². The molecule has 1 amide bonds. The molecule has 2 N–H and O–H groups in total. The molecule has 0 unspecified atom stereocenters. The molecule has 13 heavy (non-hydrogen) atoms. The Morgan fingerprint density at radius 3 is 2.46 bits per heavy atom. The van der Waals surface area contributed by atoms with Crippen molar-refractivity contribution in [3.8, 4) is 0 Å². The maximum atomic E-state index is 10.9. The summed E-state index contributed by atoms with van der Waals surface area (Å²) < 4.78 is 0. The second-order valence-corrected chi connectivity index (χ2v) is 3.16. The van der Waals surface area contributed by atoms with E-state index in [0.717, 1.165) is 17.5 Å². The Bertz CT molecular complexity index is 300. The highest BCUT2D eigenvalue weighted by atomic mass is 35.5. The zero-order chi connectivity index (χ0) is 9.84. The predicted octanol–water partition coefficient (Wildman–Crippen LogP) is 2.09. The lowest BCUT2D eigenvalue weighted by molar-refractivity contribution is 0.1000. The summed E-state index contributed by atoms with van der Waals surface area (Å²) in [4.78, 5) is 10.9. The molecule has 0 radical (unpaired) electrons. The third-order valence-corrected chi connectivity index (χ3v) is 2.21. The lowest BCUT2D eigenvalue weighted by atomic mass is 10.0. The van der Waals surface area contributed by atoms with Gasteiger partial charge in [-0.2, -0.15) is 0 Å². The molecule has 0 fully saturated rings. The van der Waals surface area contributed by atoms with Gasteiger partial charge in [-0.25, -0.2) is 0 Å². The normalized spacial score (nSPS) is 10.0. The molecule has 70 valence electrons. The van der Waals surface area contributed by atoms with Crippen molar-refractivity contribution < 1.29 is 4.79 Å². The second-order valence-electron chi connectivity index (χ2n) is 2.89. The molecule has 0 atom stereocenters. The third-order valence-electron chi connectivity index (χ3n) is 1.90. The van der Waals surface area contributed by atoms with Gasteiger partial charge in [0.1, 0.15) is 0 Å². The number of primary amides is 1. The quantitative estimate of drug-likeness (QED) is 0.741. The van der Waals surface area contributed by atoms with Crippen LogP contribution in [-0.2, 0) is 12.3 Å². The van der Waals surface area contributed by atoms with Crippen molar-refractivity contribution in [2.75, 3.05) is 0 Å². The molecule has 1 aromatic carbocycles. The summed E-state index contributed by atoms with van der Waals surface area (Å²) in [6, 6.07) is 5.52. The SMILES string of the molecule is CCc1cc(CCl)cc(C(N)=O)c1. The maximum Gasteiger partial charge on any atom is 0.248 e. The molecule has 0 saturated carbocycles. The monoisotopic (exact) mass is 197 g/mol. The number of carbonyl (C=O) groups is 1. The highest BCUT2D eigenvalue weighted by Gasteiger charge is 2.03. The Labute approximate surface area is 82.7 Å². The van der Waals surface area contributed by atoms with Crippen molar-refractivity contribution in [3.63, 3.8) is 0 Å². The zero-order valence-corrected chi connectivity index (χ0v) is 8.27. The van der Waals surface area contributed by atoms with Gasteiger partial charge in [0.05, 0.1) is 0 Å². The first-order valence-electron chi connectivity index (χ1n) is 4.16. The van der Waals surface area contributed by atoms with Crippen LogP contribution in [0, 0.1) is 0 Å². The summed E-state index contributed by atoms with van der Waals surface area (Å²) in [6.45, 7) is 2.03. The number of benzene rings is 1. The Morgan fingerprint density at radius 1 is 1.38 bits per heavy atom. The van der Waals surface area contributed by atoms with Crippen LogP contribution in [0.1, 0.15) is 28.4 Å². The van der Waals surface area contributed by atoms with Gasteiger partial charge < -0.3 is 5.73 Å². The van der Waals surface area contributed by atoms with Crippen LogP contribution in [0.4, 0.5) is 0 Å². The molecule has 1 rings (SSSR count). The van der Waals surface area contributed by atoms with Crippen molar-refractivity contribution in [3.05, 3.63) is 34.9 Å². The second kappa shape index (κ2) is 4.28. The molecule has 0 aromatic heterocycles. The van der Waals surface area contributed by atoms with E-state index in [1.165, 1.54) is 0 Å². The van der Waals surface area contributed by atoms with E-state index in [9.17, 15) is 4.79 Å². The van der Waals surface area contributed by atoms with Gasteiger partial charge in [-0.05, 0) is 29.7 Å². The van der Waals surface area contributed by atoms with E-state index in [0.29, 0.717) is 11.4 Å². The highest BCUT2D eigenvalue weighted by molar-refractivity contribution is 6.17. The van der Waals surface area contributed by atoms with Crippen molar-refractivity contribution in [1.82, 2.24) is 0 Å². The van der Waals surface area contributed by atoms with Crippen molar-refractivity contribution >= 4 is 17.5 Å². The van der Waals surface area contributed by atoms with E-state index in [4.69, 9.17) is 17.3 Å². The molecule has 0 aliphatic carbocycles. The summed E-state index contributed by atoms with van der Waals surface area (Å²) in [7, 11) is 0. The molecular weight excluding hydrogens is 186 g/mol. The minimum Gasteiger partial charge on any atom is -0.366 e. The number of alkyl halides is 1. The van der Waals surface area contributed by atoms with Crippen LogP contribution in [0.25, 0.3) is 0 Å². The largest absolute Gasteiger partial charge is 0.366 e. The number of rotatable bonds is 3. The Hall–Kier alpha value is -1.02. The van der Waals surface area contributed by atoms with Crippen LogP contribution in [-0.4, -0.2) is 5.91 Å². The fraction of sp³-hybridized carbons (Fsp3) is 0.300. The van der Waals surface area contributed by atoms with Crippen molar-refractivity contribution in [2.45, 2.75) is 19.2 Å². The van der Waals surface area contributed by atoms with Crippen LogP contribution in [0.15, 0.2) is 18.2 Å². The van der Waals surface area contributed by atoms with Gasteiger partial charge in [0, 0.05) is 11.4 Å². The number of hydrogen-bond donors (Lipinski definition) is 1. The molecule has 2 nitrogen and oxygen atoms in total. The molecule has 1 aromatic rings. The number of nitrogens with two attached hydrogens (primary N) is 1. The Balaban J connectivity index is 3.14. The molecule has 0 spiro atoms. The summed E-state index contributed by atoms with van der Waals surface area (Å²) in [5.74, 6) is 0.00960. The standard InChI is InChI=1S/C10H12ClNO/c1-2-7-3-8(6-11)5-9(4-7)10(12)13/h3-5H,2,6H2,1H3,(H2,12,13). The van der Waals surface area contributed by atoms with Crippen LogP contribution in [0.5, 0.6) is 0 Å². The summed E-state index contributed by atoms with van der Waals surface area (Å²) >= 11 is 5.68. The van der Waals surface area contributed by atoms with Crippen molar-refractivity contribution in [2.24, 2.45) is 5.73 Å². The number of hydrogen-bond acceptors (Lipinski definition) is 1. The molecule has 0 heterocycles. The summed E-state index contributed by atoms with van der Waals surface area (Å²) in [5, 5.41) is 0. The van der Waals surface area contributed by atoms with E-state index in [1.54, 1.807) is 12.1 Å². The minimum absolute atomic E-state index is 0.401. The number of aryl methyl sites for hydroxylation is 1. The topological polar surface area (TPSA) is 43.1 Å². The summed E-state index contributed by atoms with van der Waals surface area (Å²) in [6.07, 6.45) is 0.880. The first kappa shape index (κ1) is 10.1. The highest BCUT2D eigenvalue weighted by Crippen LogP contribution is 2.12. The molecule has 0 saturated heterocycles. The van der Waals surface area contributed by atoms with E-state index in [-0.39, 0.29) is 0 Å². The Kier molecular flexibility index (Phi) is 3.32. The van der Waals surface area contributed by atoms with Crippen LogP contribution in [0.3, 0.4) is 0 Å². The van der Waals surface area contributed by atoms with Gasteiger partial charge in [0.25, 0.3) is 0 Å². The molecule has 0 bridgehead atoms. The number of halogens is 1. The van der Waals surface area contributed by atoms with E-state index < -0.39 is 5.91 Å². The van der Waals surface area contributed by atoms with Crippen LogP contribution < -0.4 is 5.73 Å². The average molecular weight is 198 g/mol. The lowest BCUT2D eigenvalue weighted by Gasteiger charge is -2.03. The molecular formula is C10H12ClNO. The molecule has 3 heteroatoms. The zero-order valence-electron chi connectivity index (χ0n) is 7.51. The fourth-order valence-electron chi connectivity index (χ4n) is 1.19. The van der Waals surface area contributed by atoms with Gasteiger partial charge in [0.2, 0.25) is 5.91 Å². The van der Waals surface area contributed by atoms with Gasteiger partial charge in [0.15, 0.2) is 0 Å². The average Bonchev–Trinajstić information content (AvgIpc) is 2.16. The van der Waals surface area contributed by atoms with Crippen LogP contribution >= 0.6 is 11.6 Å². The third kappa shape index (κ3) is 2.46. The first-order chi connectivity index (χ1) is 6.17. The van der Waals surface area contributed by atoms with Gasteiger partial charge in [-0.15, -0.1) is 11.6 Å². The van der Waals surface area contributed by atoms with Gasteiger partial charge >= 0.3 is 0 Å². The minimum atomic E-state index is -0.401. The lowest BCUT2D eigenvalue weighted by Crippen LogP contribution is -2.11. The molecule has 0 aliphatic rings. The van der Waals surface area contributed by atoms with Gasteiger partial charge in [-0.1, -0.05) is 13.0 Å². The number of carbonyl (C=O) groups excluding carboxylic acids is 1.